The van der Waals surface area contributed by atoms with Crippen LogP contribution in [0.5, 0.6) is 0 Å². The van der Waals surface area contributed by atoms with Gasteiger partial charge < -0.3 is 19.4 Å². The fraction of sp³-hybridized carbons (Fsp3) is 0.292. The third-order valence-corrected chi connectivity index (χ3v) is 4.53. The van der Waals surface area contributed by atoms with E-state index < -0.39 is 23.8 Å². The summed E-state index contributed by atoms with van der Waals surface area (Å²) in [7, 11) is 1.31. The van der Waals surface area contributed by atoms with Crippen molar-refractivity contribution in [3.63, 3.8) is 0 Å². The van der Waals surface area contributed by atoms with E-state index in [9.17, 15) is 9.59 Å². The van der Waals surface area contributed by atoms with Crippen LogP contribution in [0.3, 0.4) is 0 Å². The van der Waals surface area contributed by atoms with Gasteiger partial charge in [-0.25, -0.2) is 14.6 Å². The lowest BCUT2D eigenvalue weighted by molar-refractivity contribution is 0.0500. The van der Waals surface area contributed by atoms with Gasteiger partial charge in [0.25, 0.3) is 0 Å². The highest BCUT2D eigenvalue weighted by atomic mass is 16.6. The lowest BCUT2D eigenvalue weighted by atomic mass is 10.1. The second-order valence-corrected chi connectivity index (χ2v) is 8.21. The van der Waals surface area contributed by atoms with Crippen LogP contribution in [-0.2, 0) is 15.9 Å². The number of anilines is 1. The SMILES string of the molecule is COC(=O)Nc1ccc(-n2ccnc2[C@H](Cc2ccccc2)NC(=O)OC(C)(C)C)cc1. The Morgan fingerprint density at radius 1 is 1.03 bits per heavy atom. The van der Waals surface area contributed by atoms with Gasteiger partial charge in [0.1, 0.15) is 11.4 Å². The Hall–Kier alpha value is -3.81. The van der Waals surface area contributed by atoms with Crippen LogP contribution in [0.25, 0.3) is 5.69 Å². The van der Waals surface area contributed by atoms with Crippen LogP contribution in [0, 0.1) is 0 Å². The van der Waals surface area contributed by atoms with E-state index in [0.717, 1.165) is 11.3 Å². The number of benzene rings is 2. The summed E-state index contributed by atoms with van der Waals surface area (Å²) in [5, 5.41) is 5.58. The number of carbonyl (C=O) groups excluding carboxylic acids is 2. The number of nitrogens with zero attached hydrogens (tertiary/aromatic N) is 2. The molecule has 3 aromatic rings. The Kier molecular flexibility index (Phi) is 7.14. The maximum Gasteiger partial charge on any atom is 0.411 e. The molecule has 0 aliphatic rings. The van der Waals surface area contributed by atoms with Gasteiger partial charge in [0.05, 0.1) is 13.2 Å². The van der Waals surface area contributed by atoms with Gasteiger partial charge in [-0.15, -0.1) is 0 Å². The van der Waals surface area contributed by atoms with Gasteiger partial charge in [-0.1, -0.05) is 30.3 Å². The molecule has 1 heterocycles. The maximum atomic E-state index is 12.6. The Balaban J connectivity index is 1.88. The van der Waals surface area contributed by atoms with Crippen LogP contribution >= 0.6 is 0 Å². The number of hydrogen-bond donors (Lipinski definition) is 2. The third kappa shape index (κ3) is 6.34. The van der Waals surface area contributed by atoms with Gasteiger partial charge in [-0.05, 0) is 50.6 Å². The molecule has 0 bridgehead atoms. The first-order valence-electron chi connectivity index (χ1n) is 10.3. The minimum Gasteiger partial charge on any atom is -0.453 e. The largest absolute Gasteiger partial charge is 0.453 e. The molecule has 2 N–H and O–H groups in total. The van der Waals surface area contributed by atoms with Gasteiger partial charge in [0.15, 0.2) is 0 Å². The first kappa shape index (κ1) is 22.9. The number of rotatable bonds is 6. The van der Waals surface area contributed by atoms with Crippen molar-refractivity contribution >= 4 is 17.9 Å². The van der Waals surface area contributed by atoms with E-state index in [1.807, 2.05) is 74.0 Å². The molecule has 32 heavy (non-hydrogen) atoms. The molecule has 0 saturated carbocycles. The van der Waals surface area contributed by atoms with Crippen molar-refractivity contribution in [1.82, 2.24) is 14.9 Å². The summed E-state index contributed by atoms with van der Waals surface area (Å²) in [5.74, 6) is 0.661. The summed E-state index contributed by atoms with van der Waals surface area (Å²) in [6.07, 6.45) is 3.01. The lowest BCUT2D eigenvalue weighted by Crippen LogP contribution is -2.36. The van der Waals surface area contributed by atoms with Crippen LogP contribution in [-0.4, -0.2) is 34.4 Å². The molecule has 168 valence electrons. The second kappa shape index (κ2) is 10.00. The van der Waals surface area contributed by atoms with Crippen molar-refractivity contribution in [2.45, 2.75) is 38.8 Å². The molecule has 0 spiro atoms. The molecule has 8 nitrogen and oxygen atoms in total. The van der Waals surface area contributed by atoms with Crippen molar-refractivity contribution in [2.24, 2.45) is 0 Å². The number of carbonyl (C=O) groups is 2. The average molecular weight is 437 g/mol. The molecule has 0 aliphatic carbocycles. The molecular formula is C24H28N4O4. The molecule has 0 aliphatic heterocycles. The summed E-state index contributed by atoms with van der Waals surface area (Å²) >= 11 is 0. The van der Waals surface area contributed by atoms with E-state index in [-0.39, 0.29) is 0 Å². The molecule has 0 radical (unpaired) electrons. The molecule has 0 unspecified atom stereocenters. The average Bonchev–Trinajstić information content (AvgIpc) is 3.23. The van der Waals surface area contributed by atoms with Crippen LogP contribution in [0.2, 0.25) is 0 Å². The van der Waals surface area contributed by atoms with E-state index >= 15 is 0 Å². The van der Waals surface area contributed by atoms with E-state index in [1.54, 1.807) is 18.3 Å². The predicted molar refractivity (Wildman–Crippen MR) is 122 cm³/mol. The highest BCUT2D eigenvalue weighted by Crippen LogP contribution is 2.23. The number of nitrogens with one attached hydrogen (secondary N) is 2. The Labute approximate surface area is 187 Å². The highest BCUT2D eigenvalue weighted by Gasteiger charge is 2.24. The minimum atomic E-state index is -0.612. The topological polar surface area (TPSA) is 94.5 Å². The number of imidazole rings is 1. The summed E-state index contributed by atoms with van der Waals surface area (Å²) in [6, 6.07) is 16.7. The molecule has 2 aromatic carbocycles. The molecule has 1 atom stereocenters. The summed E-state index contributed by atoms with van der Waals surface area (Å²) < 4.78 is 12.0. The highest BCUT2D eigenvalue weighted by molar-refractivity contribution is 5.84. The molecule has 2 amide bonds. The van der Waals surface area contributed by atoms with Crippen LogP contribution in [0.1, 0.15) is 38.2 Å². The normalized spacial score (nSPS) is 12.0. The number of hydrogen-bond acceptors (Lipinski definition) is 5. The van der Waals surface area contributed by atoms with Gasteiger partial charge in [-0.3, -0.25) is 5.32 Å². The lowest BCUT2D eigenvalue weighted by Gasteiger charge is -2.24. The Bertz CT molecular complexity index is 1040. The van der Waals surface area contributed by atoms with E-state index in [2.05, 4.69) is 20.4 Å². The van der Waals surface area contributed by atoms with Crippen molar-refractivity contribution in [3.05, 3.63) is 78.4 Å². The number of amides is 2. The standard InChI is InChI=1S/C24H28N4O4/c1-24(2,3)32-23(30)27-20(16-17-8-6-5-7-9-17)21-25-14-15-28(21)19-12-10-18(11-13-19)26-22(29)31-4/h5-15,20H,16H2,1-4H3,(H,26,29)(H,27,30)/t20-/m0/s1. The summed E-state index contributed by atoms with van der Waals surface area (Å²) in [5.41, 5.74) is 1.88. The molecule has 1 aromatic heterocycles. The molecular weight excluding hydrogens is 408 g/mol. The summed E-state index contributed by atoms with van der Waals surface area (Å²) in [4.78, 5) is 28.5. The van der Waals surface area contributed by atoms with Gasteiger partial charge in [0, 0.05) is 30.2 Å². The Morgan fingerprint density at radius 3 is 2.34 bits per heavy atom. The molecule has 3 rings (SSSR count). The number of aromatic nitrogens is 2. The van der Waals surface area contributed by atoms with E-state index in [1.165, 1.54) is 7.11 Å². The quantitative estimate of drug-likeness (QED) is 0.576. The molecule has 0 saturated heterocycles. The molecule has 8 heteroatoms. The van der Waals surface area contributed by atoms with Gasteiger partial charge >= 0.3 is 12.2 Å². The zero-order chi connectivity index (χ0) is 23.1. The number of methoxy groups -OCH3 is 1. The van der Waals surface area contributed by atoms with Crippen LogP contribution in [0.15, 0.2) is 67.0 Å². The predicted octanol–water partition coefficient (Wildman–Crippen LogP) is 4.86. The fourth-order valence-electron chi connectivity index (χ4n) is 3.17. The Morgan fingerprint density at radius 2 is 1.72 bits per heavy atom. The van der Waals surface area contributed by atoms with Crippen molar-refractivity contribution in [1.29, 1.82) is 0 Å². The zero-order valence-electron chi connectivity index (χ0n) is 18.7. The zero-order valence-corrected chi connectivity index (χ0v) is 18.7. The first-order chi connectivity index (χ1) is 15.2. The van der Waals surface area contributed by atoms with Crippen molar-refractivity contribution in [3.8, 4) is 5.69 Å². The summed E-state index contributed by atoms with van der Waals surface area (Å²) in [6.45, 7) is 5.47. The van der Waals surface area contributed by atoms with Crippen LogP contribution < -0.4 is 10.6 Å². The number of alkyl carbamates (subject to hydrolysis) is 1. The maximum absolute atomic E-state index is 12.6. The van der Waals surface area contributed by atoms with Crippen molar-refractivity contribution < 1.29 is 19.1 Å². The van der Waals surface area contributed by atoms with Gasteiger partial charge in [0.2, 0.25) is 0 Å². The molecule has 0 fully saturated rings. The first-order valence-corrected chi connectivity index (χ1v) is 10.3. The number of ether oxygens (including phenoxy) is 2. The van der Waals surface area contributed by atoms with Gasteiger partial charge in [-0.2, -0.15) is 0 Å². The monoisotopic (exact) mass is 436 g/mol. The minimum absolute atomic E-state index is 0.421. The second-order valence-electron chi connectivity index (χ2n) is 8.21. The fourth-order valence-corrected chi connectivity index (χ4v) is 3.17. The third-order valence-electron chi connectivity index (χ3n) is 4.53. The van der Waals surface area contributed by atoms with Crippen molar-refractivity contribution in [2.75, 3.05) is 12.4 Å². The van der Waals surface area contributed by atoms with Crippen LogP contribution in [0.4, 0.5) is 15.3 Å². The van der Waals surface area contributed by atoms with E-state index in [4.69, 9.17) is 4.74 Å². The smallest absolute Gasteiger partial charge is 0.411 e. The van der Waals surface area contributed by atoms with E-state index in [0.29, 0.717) is 17.9 Å².